The van der Waals surface area contributed by atoms with Crippen molar-refractivity contribution in [3.8, 4) is 5.75 Å². The van der Waals surface area contributed by atoms with Gasteiger partial charge >= 0.3 is 12.0 Å². The fourth-order valence-corrected chi connectivity index (χ4v) is 3.91. The van der Waals surface area contributed by atoms with Gasteiger partial charge < -0.3 is 25.0 Å². The molecule has 7 nitrogen and oxygen atoms in total. The largest absolute Gasteiger partial charge is 0.497 e. The van der Waals surface area contributed by atoms with Crippen LogP contribution in [0.25, 0.3) is 0 Å². The van der Waals surface area contributed by atoms with Crippen molar-refractivity contribution in [3.05, 3.63) is 41.1 Å². The molecule has 1 aromatic rings. The Balaban J connectivity index is 1.95. The SMILES string of the molecule is CCOC(=O)C1=C(C[NH+]2CCCCCC2)NC(=O)N[C@@H]1c1ccc(OC)cc1. The molecule has 2 amide bonds. The highest BCUT2D eigenvalue weighted by Gasteiger charge is 2.35. The number of nitrogens with one attached hydrogen (secondary N) is 3. The van der Waals surface area contributed by atoms with Crippen molar-refractivity contribution in [1.82, 2.24) is 10.6 Å². The van der Waals surface area contributed by atoms with E-state index in [1.807, 2.05) is 24.3 Å². The number of methoxy groups -OCH3 is 1. The van der Waals surface area contributed by atoms with Gasteiger partial charge in [0.05, 0.1) is 44.1 Å². The average Bonchev–Trinajstić information content (AvgIpc) is 2.96. The van der Waals surface area contributed by atoms with E-state index in [1.54, 1.807) is 14.0 Å². The molecule has 1 aromatic carbocycles. The molecule has 152 valence electrons. The Bertz CT molecular complexity index is 722. The Morgan fingerprint density at radius 3 is 2.43 bits per heavy atom. The number of carbonyl (C=O) groups excluding carboxylic acids is 2. The first-order valence-electron chi connectivity index (χ1n) is 10.1. The minimum atomic E-state index is -0.542. The lowest BCUT2D eigenvalue weighted by molar-refractivity contribution is -0.894. The fraction of sp³-hybridized carbons (Fsp3) is 0.524. The van der Waals surface area contributed by atoms with Gasteiger partial charge in [-0.25, -0.2) is 9.59 Å². The summed E-state index contributed by atoms with van der Waals surface area (Å²) in [6, 6.07) is 6.55. The molecule has 0 aromatic heterocycles. The lowest BCUT2D eigenvalue weighted by Crippen LogP contribution is -3.12. The number of amides is 2. The summed E-state index contributed by atoms with van der Waals surface area (Å²) in [5, 5.41) is 5.76. The highest BCUT2D eigenvalue weighted by Crippen LogP contribution is 2.28. The van der Waals surface area contributed by atoms with E-state index < -0.39 is 6.04 Å². The monoisotopic (exact) mass is 388 g/mol. The summed E-state index contributed by atoms with van der Waals surface area (Å²) in [6.07, 6.45) is 4.84. The maximum Gasteiger partial charge on any atom is 0.338 e. The van der Waals surface area contributed by atoms with Crippen LogP contribution in [0, 0.1) is 0 Å². The minimum absolute atomic E-state index is 0.287. The molecule has 1 atom stereocenters. The summed E-state index contributed by atoms with van der Waals surface area (Å²) in [5.74, 6) is 0.333. The zero-order chi connectivity index (χ0) is 19.9. The zero-order valence-corrected chi connectivity index (χ0v) is 16.7. The molecule has 3 rings (SSSR count). The molecule has 0 saturated carbocycles. The Labute approximate surface area is 166 Å². The number of benzene rings is 1. The second-order valence-corrected chi connectivity index (χ2v) is 7.26. The lowest BCUT2D eigenvalue weighted by atomic mass is 9.95. The average molecular weight is 388 g/mol. The van der Waals surface area contributed by atoms with Gasteiger partial charge in [-0.3, -0.25) is 0 Å². The number of quaternary nitrogens is 1. The van der Waals surface area contributed by atoms with Crippen LogP contribution in [0.5, 0.6) is 5.75 Å². The summed E-state index contributed by atoms with van der Waals surface area (Å²) in [5.41, 5.74) is 1.98. The van der Waals surface area contributed by atoms with Crippen molar-refractivity contribution in [2.75, 3.05) is 33.4 Å². The van der Waals surface area contributed by atoms with Gasteiger partial charge in [0.15, 0.2) is 0 Å². The van der Waals surface area contributed by atoms with E-state index in [4.69, 9.17) is 9.47 Å². The Morgan fingerprint density at radius 2 is 1.82 bits per heavy atom. The van der Waals surface area contributed by atoms with Crippen LogP contribution < -0.4 is 20.3 Å². The van der Waals surface area contributed by atoms with Crippen molar-refractivity contribution in [1.29, 1.82) is 0 Å². The van der Waals surface area contributed by atoms with Crippen LogP contribution in [-0.2, 0) is 9.53 Å². The van der Waals surface area contributed by atoms with E-state index in [9.17, 15) is 9.59 Å². The van der Waals surface area contributed by atoms with E-state index >= 15 is 0 Å². The fourth-order valence-electron chi connectivity index (χ4n) is 3.91. The number of likely N-dealkylation sites (tertiary alicyclic amines) is 1. The molecule has 2 aliphatic rings. The van der Waals surface area contributed by atoms with Gasteiger partial charge in [0.2, 0.25) is 0 Å². The number of rotatable bonds is 6. The van der Waals surface area contributed by atoms with Crippen LogP contribution in [0.1, 0.15) is 44.2 Å². The van der Waals surface area contributed by atoms with E-state index in [2.05, 4.69) is 10.6 Å². The van der Waals surface area contributed by atoms with Gasteiger partial charge in [-0.05, 0) is 50.3 Å². The number of urea groups is 1. The van der Waals surface area contributed by atoms with E-state index in [0.717, 1.165) is 24.4 Å². The quantitative estimate of drug-likeness (QED) is 0.642. The number of hydrogen-bond donors (Lipinski definition) is 3. The Hall–Kier alpha value is -2.54. The topological polar surface area (TPSA) is 81.1 Å². The van der Waals surface area contributed by atoms with Gasteiger partial charge in [-0.2, -0.15) is 0 Å². The minimum Gasteiger partial charge on any atom is -0.497 e. The number of esters is 1. The molecule has 0 aliphatic carbocycles. The first kappa shape index (κ1) is 20.2. The third kappa shape index (κ3) is 4.84. The lowest BCUT2D eigenvalue weighted by Gasteiger charge is -2.30. The Kier molecular flexibility index (Phi) is 6.92. The second kappa shape index (κ2) is 9.59. The molecule has 0 radical (unpaired) electrons. The first-order valence-corrected chi connectivity index (χ1v) is 10.1. The molecule has 0 spiro atoms. The Morgan fingerprint density at radius 1 is 1.14 bits per heavy atom. The predicted molar refractivity (Wildman–Crippen MR) is 105 cm³/mol. The smallest absolute Gasteiger partial charge is 0.338 e. The third-order valence-corrected chi connectivity index (χ3v) is 5.34. The normalized spacial score (nSPS) is 20.8. The number of ether oxygens (including phenoxy) is 2. The molecular weight excluding hydrogens is 358 g/mol. The predicted octanol–water partition coefficient (Wildman–Crippen LogP) is 1.33. The summed E-state index contributed by atoms with van der Waals surface area (Å²) in [6.45, 7) is 4.80. The van der Waals surface area contributed by atoms with Crippen molar-refractivity contribution >= 4 is 12.0 Å². The van der Waals surface area contributed by atoms with Crippen molar-refractivity contribution in [2.45, 2.75) is 38.6 Å². The molecule has 1 fully saturated rings. The van der Waals surface area contributed by atoms with Crippen LogP contribution in [-0.4, -0.2) is 45.4 Å². The van der Waals surface area contributed by atoms with Crippen molar-refractivity contribution in [2.24, 2.45) is 0 Å². The van der Waals surface area contributed by atoms with Crippen molar-refractivity contribution in [3.63, 3.8) is 0 Å². The van der Waals surface area contributed by atoms with Crippen LogP contribution >= 0.6 is 0 Å². The molecule has 2 heterocycles. The first-order chi connectivity index (χ1) is 13.6. The molecule has 2 aliphatic heterocycles. The summed E-state index contributed by atoms with van der Waals surface area (Å²) in [7, 11) is 1.60. The van der Waals surface area contributed by atoms with Gasteiger partial charge in [-0.1, -0.05) is 12.1 Å². The molecule has 3 N–H and O–H groups in total. The maximum absolute atomic E-state index is 12.8. The molecule has 7 heteroatoms. The van der Waals surface area contributed by atoms with Crippen LogP contribution in [0.15, 0.2) is 35.5 Å². The molecule has 0 bridgehead atoms. The van der Waals surface area contributed by atoms with Crippen molar-refractivity contribution < 1.29 is 24.0 Å². The third-order valence-electron chi connectivity index (χ3n) is 5.34. The maximum atomic E-state index is 12.8. The summed E-state index contributed by atoms with van der Waals surface area (Å²) in [4.78, 5) is 26.6. The highest BCUT2D eigenvalue weighted by atomic mass is 16.5. The highest BCUT2D eigenvalue weighted by molar-refractivity contribution is 5.95. The zero-order valence-electron chi connectivity index (χ0n) is 16.7. The van der Waals surface area contributed by atoms with Crippen LogP contribution in [0.2, 0.25) is 0 Å². The van der Waals surface area contributed by atoms with Crippen LogP contribution in [0.4, 0.5) is 4.79 Å². The summed E-state index contributed by atoms with van der Waals surface area (Å²) >= 11 is 0. The number of hydrogen-bond acceptors (Lipinski definition) is 4. The molecule has 0 unspecified atom stereocenters. The van der Waals surface area contributed by atoms with Crippen LogP contribution in [0.3, 0.4) is 0 Å². The molecule has 1 saturated heterocycles. The van der Waals surface area contributed by atoms with Gasteiger partial charge in [0.25, 0.3) is 0 Å². The standard InChI is InChI=1S/C21H29N3O4/c1-3-28-20(25)18-17(14-24-12-6-4-5-7-13-24)22-21(26)23-19(18)15-8-10-16(27-2)11-9-15/h8-11,19H,3-7,12-14H2,1-2H3,(H2,22,23,26)/p+1/t19-/m1/s1. The molecular formula is C21H30N3O4+. The van der Waals surface area contributed by atoms with Gasteiger partial charge in [-0.15, -0.1) is 0 Å². The second-order valence-electron chi connectivity index (χ2n) is 7.26. The molecule has 28 heavy (non-hydrogen) atoms. The summed E-state index contributed by atoms with van der Waals surface area (Å²) < 4.78 is 10.6. The van der Waals surface area contributed by atoms with E-state index in [-0.39, 0.29) is 18.6 Å². The van der Waals surface area contributed by atoms with E-state index in [0.29, 0.717) is 17.8 Å². The van der Waals surface area contributed by atoms with Gasteiger partial charge in [0.1, 0.15) is 12.3 Å². The van der Waals surface area contributed by atoms with Gasteiger partial charge in [0, 0.05) is 0 Å². The van der Waals surface area contributed by atoms with E-state index in [1.165, 1.54) is 30.6 Å². The number of carbonyl (C=O) groups is 2.